The minimum atomic E-state index is -3.11. The second kappa shape index (κ2) is 4.81. The maximum Gasteiger partial charge on any atom is 2.00 e. The average molecular weight is 188 g/mol. The van der Waals surface area contributed by atoms with Crippen LogP contribution in [0.1, 0.15) is 0 Å². The fourth-order valence-corrected chi connectivity index (χ4v) is 0. The van der Waals surface area contributed by atoms with E-state index in [2.05, 4.69) is 0 Å². The maximum absolute atomic E-state index is 8.44. The predicted octanol–water partition coefficient (Wildman–Crippen LogP) is -1.01. The van der Waals surface area contributed by atoms with E-state index in [1.807, 2.05) is 0 Å². The van der Waals surface area contributed by atoms with Crippen LogP contribution in [-0.4, -0.2) is 13.3 Å². The topological polar surface area (TPSA) is 63.2 Å². The summed E-state index contributed by atoms with van der Waals surface area (Å²) >= 11 is -3.11. The van der Waals surface area contributed by atoms with E-state index in [0.717, 1.165) is 0 Å². The smallest absolute Gasteiger partial charge is 0.784 e. The molecule has 0 aromatic rings. The molecule has 35 valence electrons. The molecule has 0 aliphatic carbocycles. The molecule has 0 fully saturated rings. The van der Waals surface area contributed by atoms with Crippen molar-refractivity contribution in [3.63, 3.8) is 0 Å². The van der Waals surface area contributed by atoms with E-state index in [1.165, 1.54) is 0 Å². The molecule has 0 heterocycles. The van der Waals surface area contributed by atoms with Crippen molar-refractivity contribution in [2.24, 2.45) is 0 Å². The molecule has 1 radical (unpaired) electrons. The van der Waals surface area contributed by atoms with Gasteiger partial charge in [-0.3, -0.25) is 4.21 Å². The summed E-state index contributed by atoms with van der Waals surface area (Å²) in [5.74, 6) is 0. The van der Waals surface area contributed by atoms with Gasteiger partial charge in [-0.1, -0.05) is 0 Å². The quantitative estimate of drug-likeness (QED) is 0.361. The van der Waals surface area contributed by atoms with Gasteiger partial charge in [-0.25, -0.2) is 0 Å². The molecule has 0 aromatic heterocycles. The van der Waals surface area contributed by atoms with Crippen LogP contribution >= 0.6 is 0 Å². The Labute approximate surface area is 47.4 Å². The molecule has 0 aliphatic rings. The SMILES string of the molecule is O=S([O-])[O-].[Ag+2]. The molecule has 0 aliphatic heterocycles. The molecular weight excluding hydrogens is 188 g/mol. The number of hydrogen-bond donors (Lipinski definition) is 0. The maximum atomic E-state index is 8.44. The molecule has 0 amide bonds. The first-order chi connectivity index (χ1) is 1.73. The molecule has 3 nitrogen and oxygen atoms in total. The third-order valence-corrected chi connectivity index (χ3v) is 0. The molecule has 0 saturated heterocycles. The van der Waals surface area contributed by atoms with E-state index in [9.17, 15) is 0 Å². The standard InChI is InChI=1S/Ag.H2O3S/c;1-4(2)3/h;(H2,1,2,3)/q+2;/p-2. The first-order valence-electron chi connectivity index (χ1n) is 0.500. The Morgan fingerprint density at radius 2 is 1.40 bits per heavy atom. The van der Waals surface area contributed by atoms with Gasteiger partial charge in [0, 0.05) is 0 Å². The molecule has 0 unspecified atom stereocenters. The van der Waals surface area contributed by atoms with E-state index in [0.29, 0.717) is 0 Å². The molecule has 0 rings (SSSR count). The predicted molar refractivity (Wildman–Crippen MR) is 9.70 cm³/mol. The summed E-state index contributed by atoms with van der Waals surface area (Å²) in [6.07, 6.45) is 0. The Morgan fingerprint density at radius 3 is 1.40 bits per heavy atom. The van der Waals surface area contributed by atoms with Crippen LogP contribution < -0.4 is 0 Å². The zero-order valence-corrected chi connectivity index (χ0v) is 4.23. The Kier molecular flexibility index (Phi) is 8.91. The molecule has 0 atom stereocenters. The van der Waals surface area contributed by atoms with Gasteiger partial charge < -0.3 is 9.11 Å². The van der Waals surface area contributed by atoms with E-state index in [1.54, 1.807) is 0 Å². The first kappa shape index (κ1) is 9.26. The zero-order chi connectivity index (χ0) is 3.58. The molecule has 0 saturated carbocycles. The van der Waals surface area contributed by atoms with Gasteiger partial charge in [0.1, 0.15) is 0 Å². The first-order valence-corrected chi connectivity index (χ1v) is 1.50. The van der Waals surface area contributed by atoms with Crippen molar-refractivity contribution >= 4 is 11.4 Å². The average Bonchev–Trinajstić information content (AvgIpc) is 0.811. The molecule has 0 N–H and O–H groups in total. The van der Waals surface area contributed by atoms with E-state index < -0.39 is 11.4 Å². The number of hydrogen-bond acceptors (Lipinski definition) is 3. The van der Waals surface area contributed by atoms with Crippen molar-refractivity contribution in [1.82, 2.24) is 0 Å². The van der Waals surface area contributed by atoms with Crippen LogP contribution in [0.3, 0.4) is 0 Å². The minimum Gasteiger partial charge on any atom is -0.784 e. The molecule has 0 bridgehead atoms. The largest absolute Gasteiger partial charge is 2.00 e. The molecule has 0 spiro atoms. The van der Waals surface area contributed by atoms with Gasteiger partial charge in [-0.15, -0.1) is 11.4 Å². The van der Waals surface area contributed by atoms with E-state index in [-0.39, 0.29) is 22.4 Å². The van der Waals surface area contributed by atoms with Crippen molar-refractivity contribution in [2.45, 2.75) is 0 Å². The molecular formula is AgO3S. The zero-order valence-electron chi connectivity index (χ0n) is 1.93. The van der Waals surface area contributed by atoms with Gasteiger partial charge >= 0.3 is 22.4 Å². The fourth-order valence-electron chi connectivity index (χ4n) is 0. The third-order valence-electron chi connectivity index (χ3n) is 0. The van der Waals surface area contributed by atoms with Crippen molar-refractivity contribution in [1.29, 1.82) is 0 Å². The monoisotopic (exact) mass is 187 g/mol. The van der Waals surface area contributed by atoms with E-state index >= 15 is 0 Å². The summed E-state index contributed by atoms with van der Waals surface area (Å²) in [4.78, 5) is 0. The minimum absolute atomic E-state index is 0. The van der Waals surface area contributed by atoms with Crippen molar-refractivity contribution in [3.05, 3.63) is 0 Å². The van der Waals surface area contributed by atoms with Crippen molar-refractivity contribution in [2.75, 3.05) is 0 Å². The summed E-state index contributed by atoms with van der Waals surface area (Å²) in [7, 11) is 0. The van der Waals surface area contributed by atoms with Crippen LogP contribution in [0.4, 0.5) is 0 Å². The van der Waals surface area contributed by atoms with Crippen LogP contribution in [0.25, 0.3) is 0 Å². The summed E-state index contributed by atoms with van der Waals surface area (Å²) in [6, 6.07) is 0. The summed E-state index contributed by atoms with van der Waals surface area (Å²) in [6.45, 7) is 0. The Hall–Kier alpha value is 0.810. The normalized spacial score (nSPS) is 7.00. The van der Waals surface area contributed by atoms with Crippen LogP contribution in [0.2, 0.25) is 0 Å². The Bertz CT molecular complexity index is 29.9. The van der Waals surface area contributed by atoms with Gasteiger partial charge in [0.2, 0.25) is 0 Å². The summed E-state index contributed by atoms with van der Waals surface area (Å²) in [5, 5.41) is 0. The second-order valence-electron chi connectivity index (χ2n) is 0.204. The Morgan fingerprint density at radius 1 is 1.40 bits per heavy atom. The van der Waals surface area contributed by atoms with Crippen molar-refractivity contribution < 1.29 is 35.7 Å². The van der Waals surface area contributed by atoms with Crippen LogP contribution in [-0.2, 0) is 33.7 Å². The van der Waals surface area contributed by atoms with Gasteiger partial charge in [-0.05, 0) is 0 Å². The second-order valence-corrected chi connectivity index (χ2v) is 0.612. The van der Waals surface area contributed by atoms with Crippen LogP contribution in [0.15, 0.2) is 0 Å². The number of rotatable bonds is 0. The van der Waals surface area contributed by atoms with Crippen molar-refractivity contribution in [3.8, 4) is 0 Å². The van der Waals surface area contributed by atoms with Gasteiger partial charge in [0.05, 0.1) is 0 Å². The fraction of sp³-hybridized carbons (Fsp3) is 0. The van der Waals surface area contributed by atoms with Gasteiger partial charge in [0.15, 0.2) is 0 Å². The Balaban J connectivity index is 0. The molecule has 5 heteroatoms. The van der Waals surface area contributed by atoms with Gasteiger partial charge in [0.25, 0.3) is 0 Å². The van der Waals surface area contributed by atoms with Crippen LogP contribution in [0.5, 0.6) is 0 Å². The van der Waals surface area contributed by atoms with Gasteiger partial charge in [-0.2, -0.15) is 0 Å². The van der Waals surface area contributed by atoms with Crippen LogP contribution in [0, 0.1) is 0 Å². The summed E-state index contributed by atoms with van der Waals surface area (Å²) < 4.78 is 25.3. The molecule has 5 heavy (non-hydrogen) atoms. The molecule has 0 aromatic carbocycles. The summed E-state index contributed by atoms with van der Waals surface area (Å²) in [5.41, 5.74) is 0. The van der Waals surface area contributed by atoms with E-state index in [4.69, 9.17) is 13.3 Å². The third kappa shape index (κ3) is 57.9.